The molecule has 34 heavy (non-hydrogen) atoms. The van der Waals surface area contributed by atoms with Crippen molar-refractivity contribution in [1.82, 2.24) is 14.9 Å². The van der Waals surface area contributed by atoms with Crippen molar-refractivity contribution in [3.8, 4) is 0 Å². The summed E-state index contributed by atoms with van der Waals surface area (Å²) in [5.74, 6) is -1.56. The Morgan fingerprint density at radius 3 is 2.26 bits per heavy atom. The molecule has 2 aromatic rings. The quantitative estimate of drug-likeness (QED) is 0.494. The number of benzene rings is 2. The first-order chi connectivity index (χ1) is 15.9. The van der Waals surface area contributed by atoms with Gasteiger partial charge in [-0.3, -0.25) is 14.4 Å². The maximum Gasteiger partial charge on any atom is 0.308 e. The summed E-state index contributed by atoms with van der Waals surface area (Å²) >= 11 is 0. The van der Waals surface area contributed by atoms with Crippen LogP contribution in [0.25, 0.3) is 0 Å². The number of hydrogen-bond donors (Lipinski definition) is 2. The highest BCUT2D eigenvalue weighted by atomic mass is 32.2. The molecule has 0 radical (unpaired) electrons. The van der Waals surface area contributed by atoms with Crippen molar-refractivity contribution >= 4 is 27.8 Å². The van der Waals surface area contributed by atoms with Crippen molar-refractivity contribution in [1.29, 1.82) is 0 Å². The summed E-state index contributed by atoms with van der Waals surface area (Å²) in [6.45, 7) is 5.06. The zero-order chi connectivity index (χ0) is 25.5. The summed E-state index contributed by atoms with van der Waals surface area (Å²) < 4.78 is 30.8. The van der Waals surface area contributed by atoms with Crippen molar-refractivity contribution in [3.05, 3.63) is 65.2 Å². The van der Waals surface area contributed by atoms with Crippen LogP contribution in [0.3, 0.4) is 0 Å². The Balaban J connectivity index is 2.07. The van der Waals surface area contributed by atoms with Crippen LogP contribution in [0.1, 0.15) is 47.8 Å². The number of nitrogens with one attached hydrogen (secondary N) is 2. The topological polar surface area (TPSA) is 122 Å². The lowest BCUT2D eigenvalue weighted by atomic mass is 10.0. The fourth-order valence-electron chi connectivity index (χ4n) is 3.05. The van der Waals surface area contributed by atoms with Crippen LogP contribution >= 0.6 is 0 Å². The zero-order valence-electron chi connectivity index (χ0n) is 20.0. The van der Waals surface area contributed by atoms with E-state index in [0.717, 1.165) is 15.4 Å². The first-order valence-corrected chi connectivity index (χ1v) is 12.2. The minimum atomic E-state index is -3.70. The number of hydrogen-bond acceptors (Lipinski definition) is 6. The summed E-state index contributed by atoms with van der Waals surface area (Å²) in [6, 6.07) is 12.3. The molecule has 0 saturated heterocycles. The van der Waals surface area contributed by atoms with Gasteiger partial charge >= 0.3 is 5.97 Å². The molecule has 0 fully saturated rings. The Hall–Kier alpha value is -3.24. The molecule has 184 valence electrons. The third kappa shape index (κ3) is 7.67. The van der Waals surface area contributed by atoms with E-state index in [0.29, 0.717) is 0 Å². The van der Waals surface area contributed by atoms with Crippen LogP contribution in [0, 0.1) is 6.92 Å². The molecular formula is C24H31N3O6S. The van der Waals surface area contributed by atoms with Gasteiger partial charge in [-0.1, -0.05) is 35.9 Å². The summed E-state index contributed by atoms with van der Waals surface area (Å²) in [4.78, 5) is 37.3. The van der Waals surface area contributed by atoms with Crippen molar-refractivity contribution < 1.29 is 27.5 Å². The lowest BCUT2D eigenvalue weighted by Crippen LogP contribution is -2.39. The fourth-order valence-corrected chi connectivity index (χ4v) is 3.99. The molecule has 0 aliphatic carbocycles. The average molecular weight is 490 g/mol. The van der Waals surface area contributed by atoms with Crippen LogP contribution < -0.4 is 10.6 Å². The van der Waals surface area contributed by atoms with E-state index >= 15 is 0 Å². The largest absolute Gasteiger partial charge is 0.463 e. The Kier molecular flexibility index (Phi) is 9.34. The Morgan fingerprint density at radius 2 is 1.68 bits per heavy atom. The summed E-state index contributed by atoms with van der Waals surface area (Å²) in [7, 11) is -0.911. The van der Waals surface area contributed by atoms with E-state index in [1.54, 1.807) is 13.8 Å². The van der Waals surface area contributed by atoms with Gasteiger partial charge in [-0.05, 0) is 44.5 Å². The predicted molar refractivity (Wildman–Crippen MR) is 128 cm³/mol. The SMILES string of the molecule is Cc1ccc(C(CC(=O)OC(C)C)NC(=O)CNC(=O)c2cccc(S(=O)(=O)N(C)C)c2)cc1. The average Bonchev–Trinajstić information content (AvgIpc) is 2.77. The Morgan fingerprint density at radius 1 is 1.03 bits per heavy atom. The smallest absolute Gasteiger partial charge is 0.308 e. The molecule has 2 N–H and O–H groups in total. The summed E-state index contributed by atoms with van der Waals surface area (Å²) in [5, 5.41) is 5.24. The first kappa shape index (κ1) is 27.0. The van der Waals surface area contributed by atoms with E-state index in [9.17, 15) is 22.8 Å². The molecule has 0 spiro atoms. The zero-order valence-corrected chi connectivity index (χ0v) is 20.8. The molecule has 1 atom stereocenters. The van der Waals surface area contributed by atoms with Gasteiger partial charge < -0.3 is 15.4 Å². The lowest BCUT2D eigenvalue weighted by molar-refractivity contribution is -0.148. The van der Waals surface area contributed by atoms with Crippen molar-refractivity contribution in [2.75, 3.05) is 20.6 Å². The van der Waals surface area contributed by atoms with Gasteiger partial charge in [0.25, 0.3) is 5.91 Å². The van der Waals surface area contributed by atoms with Crippen LogP contribution in [0.4, 0.5) is 0 Å². The van der Waals surface area contributed by atoms with Gasteiger partial charge in [-0.25, -0.2) is 12.7 Å². The summed E-state index contributed by atoms with van der Waals surface area (Å²) in [6.07, 6.45) is -0.348. The molecular weight excluding hydrogens is 458 g/mol. The van der Waals surface area contributed by atoms with Crippen LogP contribution in [0.5, 0.6) is 0 Å². The minimum Gasteiger partial charge on any atom is -0.463 e. The Bertz CT molecular complexity index is 1130. The van der Waals surface area contributed by atoms with Crippen LogP contribution in [0.2, 0.25) is 0 Å². The van der Waals surface area contributed by atoms with Crippen LogP contribution in [-0.2, 0) is 24.3 Å². The fraction of sp³-hybridized carbons (Fsp3) is 0.375. The monoisotopic (exact) mass is 489 g/mol. The molecule has 2 aromatic carbocycles. The van der Waals surface area contributed by atoms with Crippen LogP contribution in [-0.4, -0.2) is 57.3 Å². The van der Waals surface area contributed by atoms with E-state index in [-0.39, 0.29) is 29.5 Å². The second-order valence-corrected chi connectivity index (χ2v) is 10.4. The predicted octanol–water partition coefficient (Wildman–Crippen LogP) is 2.17. The molecule has 0 aromatic heterocycles. The van der Waals surface area contributed by atoms with Crippen molar-refractivity contribution in [3.63, 3.8) is 0 Å². The van der Waals surface area contributed by atoms with Gasteiger partial charge in [0.15, 0.2) is 0 Å². The second kappa shape index (κ2) is 11.8. The van der Waals surface area contributed by atoms with Gasteiger partial charge in [0.2, 0.25) is 15.9 Å². The molecule has 2 amide bonds. The van der Waals surface area contributed by atoms with E-state index in [2.05, 4.69) is 10.6 Å². The molecule has 10 heteroatoms. The van der Waals surface area contributed by atoms with Gasteiger partial charge in [-0.15, -0.1) is 0 Å². The lowest BCUT2D eigenvalue weighted by Gasteiger charge is -2.20. The molecule has 0 aliphatic rings. The molecule has 0 aliphatic heterocycles. The maximum absolute atomic E-state index is 12.6. The highest BCUT2D eigenvalue weighted by molar-refractivity contribution is 7.89. The van der Waals surface area contributed by atoms with Gasteiger partial charge in [0, 0.05) is 19.7 Å². The van der Waals surface area contributed by atoms with E-state index in [4.69, 9.17) is 4.74 Å². The van der Waals surface area contributed by atoms with E-state index < -0.39 is 33.8 Å². The highest BCUT2D eigenvalue weighted by Gasteiger charge is 2.22. The van der Waals surface area contributed by atoms with Gasteiger partial charge in [-0.2, -0.15) is 0 Å². The minimum absolute atomic E-state index is 0.0299. The molecule has 0 saturated carbocycles. The highest BCUT2D eigenvalue weighted by Crippen LogP contribution is 2.19. The van der Waals surface area contributed by atoms with E-state index in [1.165, 1.54) is 38.4 Å². The molecule has 0 bridgehead atoms. The number of carbonyl (C=O) groups excluding carboxylic acids is 3. The molecule has 9 nitrogen and oxygen atoms in total. The molecule has 2 rings (SSSR count). The summed E-state index contributed by atoms with van der Waals surface area (Å²) in [5.41, 5.74) is 1.86. The number of rotatable bonds is 10. The second-order valence-electron chi connectivity index (χ2n) is 8.27. The van der Waals surface area contributed by atoms with Crippen LogP contribution in [0.15, 0.2) is 53.4 Å². The first-order valence-electron chi connectivity index (χ1n) is 10.8. The van der Waals surface area contributed by atoms with Gasteiger partial charge in [0.1, 0.15) is 0 Å². The standard InChI is InChI=1S/C24H31N3O6S/c1-16(2)33-23(29)14-21(18-11-9-17(3)10-12-18)26-22(28)15-25-24(30)19-7-6-8-20(13-19)34(31,32)27(4)5/h6-13,16,21H,14-15H2,1-5H3,(H,25,30)(H,26,28). The number of ether oxygens (including phenoxy) is 1. The normalized spacial score (nSPS) is 12.3. The number of esters is 1. The van der Waals surface area contributed by atoms with Crippen molar-refractivity contribution in [2.24, 2.45) is 0 Å². The number of amides is 2. The third-order valence-electron chi connectivity index (χ3n) is 4.84. The number of aryl methyl sites for hydroxylation is 1. The number of carbonyl (C=O) groups is 3. The van der Waals surface area contributed by atoms with Crippen molar-refractivity contribution in [2.45, 2.75) is 44.2 Å². The molecule has 0 heterocycles. The number of sulfonamides is 1. The Labute approximate surface area is 200 Å². The molecule has 1 unspecified atom stereocenters. The van der Waals surface area contributed by atoms with E-state index in [1.807, 2.05) is 31.2 Å². The number of nitrogens with zero attached hydrogens (tertiary/aromatic N) is 1. The van der Waals surface area contributed by atoms with Gasteiger partial charge in [0.05, 0.1) is 30.0 Å². The third-order valence-corrected chi connectivity index (χ3v) is 6.65. The maximum atomic E-state index is 12.6.